The van der Waals surface area contributed by atoms with E-state index in [4.69, 9.17) is 5.14 Å². The number of nitrogens with two attached hydrogens (primary N) is 1. The van der Waals surface area contributed by atoms with Gasteiger partial charge in [0.15, 0.2) is 0 Å². The lowest BCUT2D eigenvalue weighted by atomic mass is 9.90. The SMILES string of the molecule is CC1(Nc2ccc(S(N)(=O)=O)cc2)CCNCC1. The standard InChI is InChI=1S/C12H19N3O2S/c1-12(6-8-14-9-7-12)15-10-2-4-11(5-3-10)18(13,16)17/h2-5,14-15H,6-9H2,1H3,(H2,13,16,17). The second kappa shape index (κ2) is 4.87. The zero-order chi connectivity index (χ0) is 13.2. The van der Waals surface area contributed by atoms with Crippen molar-refractivity contribution >= 4 is 15.7 Å². The molecule has 1 aliphatic rings. The van der Waals surface area contributed by atoms with Gasteiger partial charge in [0.2, 0.25) is 10.0 Å². The van der Waals surface area contributed by atoms with Gasteiger partial charge in [-0.05, 0) is 57.1 Å². The Morgan fingerprint density at radius 1 is 1.22 bits per heavy atom. The lowest BCUT2D eigenvalue weighted by Gasteiger charge is -2.36. The van der Waals surface area contributed by atoms with Crippen LogP contribution in [0.2, 0.25) is 0 Å². The van der Waals surface area contributed by atoms with Gasteiger partial charge in [-0.2, -0.15) is 0 Å². The van der Waals surface area contributed by atoms with Gasteiger partial charge >= 0.3 is 0 Å². The average molecular weight is 269 g/mol. The van der Waals surface area contributed by atoms with Gasteiger partial charge in [-0.1, -0.05) is 0 Å². The van der Waals surface area contributed by atoms with Crippen LogP contribution in [0.3, 0.4) is 0 Å². The summed E-state index contributed by atoms with van der Waals surface area (Å²) < 4.78 is 22.3. The Balaban J connectivity index is 2.11. The molecular formula is C12H19N3O2S. The van der Waals surface area contributed by atoms with Gasteiger partial charge in [0.25, 0.3) is 0 Å². The number of rotatable bonds is 3. The average Bonchev–Trinajstić information content (AvgIpc) is 2.29. The molecule has 0 aliphatic carbocycles. The molecule has 0 saturated carbocycles. The topological polar surface area (TPSA) is 84.2 Å². The third-order valence-electron chi connectivity index (χ3n) is 3.34. The first-order chi connectivity index (χ1) is 8.39. The molecule has 1 aliphatic heterocycles. The third kappa shape index (κ3) is 3.22. The normalized spacial score (nSPS) is 19.4. The van der Waals surface area contributed by atoms with Crippen molar-refractivity contribution in [3.63, 3.8) is 0 Å². The number of sulfonamides is 1. The Morgan fingerprint density at radius 2 is 1.78 bits per heavy atom. The van der Waals surface area contributed by atoms with Crippen molar-refractivity contribution in [2.24, 2.45) is 5.14 Å². The van der Waals surface area contributed by atoms with Crippen LogP contribution >= 0.6 is 0 Å². The molecule has 4 N–H and O–H groups in total. The van der Waals surface area contributed by atoms with Crippen molar-refractivity contribution in [3.05, 3.63) is 24.3 Å². The Morgan fingerprint density at radius 3 is 2.28 bits per heavy atom. The fourth-order valence-electron chi connectivity index (χ4n) is 2.18. The minimum Gasteiger partial charge on any atom is -0.380 e. The molecule has 0 unspecified atom stereocenters. The second-order valence-electron chi connectivity index (χ2n) is 5.01. The molecule has 1 heterocycles. The van der Waals surface area contributed by atoms with E-state index in [1.54, 1.807) is 12.1 Å². The Bertz CT molecular complexity index is 505. The van der Waals surface area contributed by atoms with Crippen LogP contribution in [0.4, 0.5) is 5.69 Å². The molecule has 5 nitrogen and oxygen atoms in total. The minimum absolute atomic E-state index is 0.0638. The highest BCUT2D eigenvalue weighted by atomic mass is 32.2. The number of anilines is 1. The van der Waals surface area contributed by atoms with E-state index in [2.05, 4.69) is 17.6 Å². The largest absolute Gasteiger partial charge is 0.380 e. The van der Waals surface area contributed by atoms with Crippen molar-refractivity contribution in [1.29, 1.82) is 0 Å². The van der Waals surface area contributed by atoms with Gasteiger partial charge in [-0.15, -0.1) is 0 Å². The highest BCUT2D eigenvalue weighted by Gasteiger charge is 2.26. The maximum atomic E-state index is 11.1. The smallest absolute Gasteiger partial charge is 0.238 e. The predicted octanol–water partition coefficient (Wildman–Crippen LogP) is 0.888. The van der Waals surface area contributed by atoms with E-state index < -0.39 is 10.0 Å². The van der Waals surface area contributed by atoms with Crippen molar-refractivity contribution in [3.8, 4) is 0 Å². The molecule has 100 valence electrons. The van der Waals surface area contributed by atoms with Gasteiger partial charge in [0.1, 0.15) is 0 Å². The summed E-state index contributed by atoms with van der Waals surface area (Å²) in [5.74, 6) is 0. The first-order valence-corrected chi connectivity index (χ1v) is 7.56. The maximum Gasteiger partial charge on any atom is 0.238 e. The van der Waals surface area contributed by atoms with Crippen LogP contribution in [-0.2, 0) is 10.0 Å². The van der Waals surface area contributed by atoms with Crippen molar-refractivity contribution < 1.29 is 8.42 Å². The van der Waals surface area contributed by atoms with Crippen molar-refractivity contribution in [2.45, 2.75) is 30.2 Å². The monoisotopic (exact) mass is 269 g/mol. The summed E-state index contributed by atoms with van der Waals surface area (Å²) >= 11 is 0. The van der Waals surface area contributed by atoms with E-state index in [1.807, 2.05) is 0 Å². The molecule has 0 aromatic heterocycles. The number of benzene rings is 1. The van der Waals surface area contributed by atoms with E-state index in [9.17, 15) is 8.42 Å². The molecule has 1 aromatic rings. The molecule has 1 fully saturated rings. The molecule has 0 spiro atoms. The van der Waals surface area contributed by atoms with Crippen molar-refractivity contribution in [2.75, 3.05) is 18.4 Å². The van der Waals surface area contributed by atoms with E-state index in [-0.39, 0.29) is 10.4 Å². The molecule has 0 atom stereocenters. The molecule has 0 radical (unpaired) electrons. The Kier molecular flexibility index (Phi) is 3.61. The van der Waals surface area contributed by atoms with Gasteiger partial charge in [0.05, 0.1) is 4.90 Å². The van der Waals surface area contributed by atoms with Crippen LogP contribution in [0, 0.1) is 0 Å². The zero-order valence-electron chi connectivity index (χ0n) is 10.4. The second-order valence-corrected chi connectivity index (χ2v) is 6.57. The molecule has 1 aromatic carbocycles. The highest BCUT2D eigenvalue weighted by molar-refractivity contribution is 7.89. The van der Waals surface area contributed by atoms with Crippen LogP contribution in [-0.4, -0.2) is 27.0 Å². The van der Waals surface area contributed by atoms with E-state index >= 15 is 0 Å². The molecule has 1 saturated heterocycles. The molecule has 6 heteroatoms. The lowest BCUT2D eigenvalue weighted by Crippen LogP contribution is -2.45. The fourth-order valence-corrected chi connectivity index (χ4v) is 2.70. The van der Waals surface area contributed by atoms with Gasteiger partial charge in [-0.25, -0.2) is 13.6 Å². The van der Waals surface area contributed by atoms with Gasteiger partial charge in [-0.3, -0.25) is 0 Å². The molecule has 2 rings (SSSR count). The molecule has 0 bridgehead atoms. The van der Waals surface area contributed by atoms with Crippen LogP contribution in [0.15, 0.2) is 29.2 Å². The number of nitrogens with one attached hydrogen (secondary N) is 2. The van der Waals surface area contributed by atoms with Crippen LogP contribution in [0.5, 0.6) is 0 Å². The maximum absolute atomic E-state index is 11.1. The minimum atomic E-state index is -3.61. The first kappa shape index (κ1) is 13.3. The summed E-state index contributed by atoms with van der Waals surface area (Å²) in [7, 11) is -3.61. The Labute approximate surface area is 108 Å². The first-order valence-electron chi connectivity index (χ1n) is 6.01. The van der Waals surface area contributed by atoms with Gasteiger partial charge < -0.3 is 10.6 Å². The van der Waals surface area contributed by atoms with Crippen molar-refractivity contribution in [1.82, 2.24) is 5.32 Å². The summed E-state index contributed by atoms with van der Waals surface area (Å²) in [6.45, 7) is 4.18. The summed E-state index contributed by atoms with van der Waals surface area (Å²) in [4.78, 5) is 0.142. The van der Waals surface area contributed by atoms with Crippen LogP contribution in [0.1, 0.15) is 19.8 Å². The third-order valence-corrected chi connectivity index (χ3v) is 4.27. The number of primary sulfonamides is 1. The summed E-state index contributed by atoms with van der Waals surface area (Å²) in [6.07, 6.45) is 2.09. The van der Waals surface area contributed by atoms with Crippen LogP contribution in [0.25, 0.3) is 0 Å². The van der Waals surface area contributed by atoms with E-state index in [1.165, 1.54) is 12.1 Å². The summed E-state index contributed by atoms with van der Waals surface area (Å²) in [5.41, 5.74) is 0.987. The highest BCUT2D eigenvalue weighted by Crippen LogP contribution is 2.24. The number of piperidine rings is 1. The Hall–Kier alpha value is -1.11. The van der Waals surface area contributed by atoms with Gasteiger partial charge in [0, 0.05) is 11.2 Å². The molecule has 0 amide bonds. The fraction of sp³-hybridized carbons (Fsp3) is 0.500. The number of hydrogen-bond acceptors (Lipinski definition) is 4. The molecule has 18 heavy (non-hydrogen) atoms. The lowest BCUT2D eigenvalue weighted by molar-refractivity contribution is 0.365. The van der Waals surface area contributed by atoms with Crippen LogP contribution < -0.4 is 15.8 Å². The van der Waals surface area contributed by atoms with E-state index in [0.717, 1.165) is 31.6 Å². The summed E-state index contributed by atoms with van der Waals surface area (Å²) in [6, 6.07) is 6.57. The quantitative estimate of drug-likeness (QED) is 0.761. The zero-order valence-corrected chi connectivity index (χ0v) is 11.3. The molecular weight excluding hydrogens is 250 g/mol. The number of hydrogen-bond donors (Lipinski definition) is 3. The summed E-state index contributed by atoms with van der Waals surface area (Å²) in [5, 5.41) is 11.8. The van der Waals surface area contributed by atoms with E-state index in [0.29, 0.717) is 0 Å². The predicted molar refractivity (Wildman–Crippen MR) is 71.9 cm³/mol.